The standard InChI is InChI=1S/C4HF5N2O/c5-3(6,4(7,8)9)2-11-10-1-12-2/h1H. The summed E-state index contributed by atoms with van der Waals surface area (Å²) in [6.07, 6.45) is -5.31. The number of halogens is 5. The molecule has 0 atom stereocenters. The Morgan fingerprint density at radius 2 is 1.75 bits per heavy atom. The van der Waals surface area contributed by atoms with E-state index >= 15 is 0 Å². The van der Waals surface area contributed by atoms with Crippen LogP contribution in [0, 0.1) is 0 Å². The summed E-state index contributed by atoms with van der Waals surface area (Å²) < 4.78 is 62.6. The van der Waals surface area contributed by atoms with E-state index in [0.29, 0.717) is 6.39 Å². The van der Waals surface area contributed by atoms with Crippen molar-refractivity contribution in [3.05, 3.63) is 12.3 Å². The molecule has 0 aliphatic heterocycles. The SMILES string of the molecule is FC(F)(F)C(F)(F)c1nnco1. The van der Waals surface area contributed by atoms with Crippen molar-refractivity contribution >= 4 is 0 Å². The van der Waals surface area contributed by atoms with Gasteiger partial charge in [-0.15, -0.1) is 10.2 Å². The normalized spacial score (nSPS) is 13.4. The van der Waals surface area contributed by atoms with E-state index in [0.717, 1.165) is 0 Å². The van der Waals surface area contributed by atoms with Gasteiger partial charge in [0.05, 0.1) is 0 Å². The average Bonchev–Trinajstić information content (AvgIpc) is 2.34. The second kappa shape index (κ2) is 2.39. The van der Waals surface area contributed by atoms with Crippen LogP contribution < -0.4 is 0 Å². The third-order valence-electron chi connectivity index (χ3n) is 0.985. The lowest BCUT2D eigenvalue weighted by atomic mass is 10.3. The number of alkyl halides is 5. The average molecular weight is 188 g/mol. The van der Waals surface area contributed by atoms with Crippen LogP contribution in [-0.4, -0.2) is 16.4 Å². The quantitative estimate of drug-likeness (QED) is 0.630. The molecule has 0 aromatic carbocycles. The third-order valence-corrected chi connectivity index (χ3v) is 0.985. The number of nitrogens with zero attached hydrogens (tertiary/aromatic N) is 2. The minimum atomic E-state index is -5.71. The van der Waals surface area contributed by atoms with Crippen LogP contribution in [0.1, 0.15) is 5.89 Å². The summed E-state index contributed by atoms with van der Waals surface area (Å²) in [4.78, 5) is 0. The molecule has 0 N–H and O–H groups in total. The topological polar surface area (TPSA) is 38.9 Å². The van der Waals surface area contributed by atoms with Gasteiger partial charge in [-0.25, -0.2) is 0 Å². The van der Waals surface area contributed by atoms with Crippen LogP contribution in [0.2, 0.25) is 0 Å². The molecule has 0 spiro atoms. The maximum Gasteiger partial charge on any atom is 0.463 e. The zero-order valence-corrected chi connectivity index (χ0v) is 5.27. The van der Waals surface area contributed by atoms with Crippen LogP contribution in [-0.2, 0) is 5.92 Å². The van der Waals surface area contributed by atoms with E-state index in [4.69, 9.17) is 0 Å². The highest BCUT2D eigenvalue weighted by Crippen LogP contribution is 2.42. The smallest absolute Gasteiger partial charge is 0.422 e. The van der Waals surface area contributed by atoms with Crippen molar-refractivity contribution in [2.45, 2.75) is 12.1 Å². The molecule has 0 fully saturated rings. The first-order valence-corrected chi connectivity index (χ1v) is 2.57. The maximum absolute atomic E-state index is 12.2. The second-order valence-electron chi connectivity index (χ2n) is 1.82. The maximum atomic E-state index is 12.2. The van der Waals surface area contributed by atoms with Crippen molar-refractivity contribution in [3.63, 3.8) is 0 Å². The van der Waals surface area contributed by atoms with E-state index in [1.54, 1.807) is 0 Å². The minimum Gasteiger partial charge on any atom is -0.422 e. The van der Waals surface area contributed by atoms with Crippen LogP contribution in [0.5, 0.6) is 0 Å². The molecule has 0 saturated heterocycles. The zero-order chi connectivity index (χ0) is 9.41. The first-order valence-electron chi connectivity index (χ1n) is 2.57. The molecule has 12 heavy (non-hydrogen) atoms. The van der Waals surface area contributed by atoms with Crippen molar-refractivity contribution in [1.82, 2.24) is 10.2 Å². The molecule has 0 amide bonds. The number of rotatable bonds is 1. The van der Waals surface area contributed by atoms with Crippen molar-refractivity contribution in [1.29, 1.82) is 0 Å². The van der Waals surface area contributed by atoms with E-state index < -0.39 is 18.0 Å². The van der Waals surface area contributed by atoms with Gasteiger partial charge < -0.3 is 4.42 Å². The lowest BCUT2D eigenvalue weighted by Crippen LogP contribution is -2.33. The Morgan fingerprint density at radius 3 is 2.08 bits per heavy atom. The van der Waals surface area contributed by atoms with Gasteiger partial charge in [0, 0.05) is 0 Å². The fourth-order valence-electron chi connectivity index (χ4n) is 0.431. The van der Waals surface area contributed by atoms with Crippen LogP contribution in [0.15, 0.2) is 10.8 Å². The third kappa shape index (κ3) is 1.23. The van der Waals surface area contributed by atoms with Gasteiger partial charge in [-0.2, -0.15) is 22.0 Å². The highest BCUT2D eigenvalue weighted by Gasteiger charge is 2.62. The molecule has 0 unspecified atom stereocenters. The molecular formula is C4HF5N2O. The Hall–Kier alpha value is -1.21. The van der Waals surface area contributed by atoms with Gasteiger partial charge >= 0.3 is 12.1 Å². The lowest BCUT2D eigenvalue weighted by Gasteiger charge is -2.14. The molecule has 0 aliphatic rings. The zero-order valence-electron chi connectivity index (χ0n) is 5.27. The fraction of sp³-hybridized carbons (Fsp3) is 0.500. The second-order valence-corrected chi connectivity index (χ2v) is 1.82. The predicted molar refractivity (Wildman–Crippen MR) is 24.2 cm³/mol. The highest BCUT2D eigenvalue weighted by molar-refractivity contribution is 4.92. The number of hydrogen-bond acceptors (Lipinski definition) is 3. The van der Waals surface area contributed by atoms with Gasteiger partial charge in [0.1, 0.15) is 0 Å². The predicted octanol–water partition coefficient (Wildman–Crippen LogP) is 1.72. The Labute approximate surface area is 62.2 Å². The molecule has 3 nitrogen and oxygen atoms in total. The molecule has 8 heteroatoms. The van der Waals surface area contributed by atoms with E-state index in [1.165, 1.54) is 0 Å². The van der Waals surface area contributed by atoms with Gasteiger partial charge in [-0.3, -0.25) is 0 Å². The Balaban J connectivity index is 3.02. The molecule has 1 aromatic heterocycles. The van der Waals surface area contributed by atoms with Crippen molar-refractivity contribution in [2.24, 2.45) is 0 Å². The molecule has 0 radical (unpaired) electrons. The van der Waals surface area contributed by atoms with Crippen LogP contribution in [0.3, 0.4) is 0 Å². The minimum absolute atomic E-state index is 0.398. The molecule has 0 aliphatic carbocycles. The van der Waals surface area contributed by atoms with Crippen LogP contribution in [0.25, 0.3) is 0 Å². The van der Waals surface area contributed by atoms with Gasteiger partial charge in [0.2, 0.25) is 6.39 Å². The van der Waals surface area contributed by atoms with Crippen LogP contribution >= 0.6 is 0 Å². The van der Waals surface area contributed by atoms with Gasteiger partial charge in [0.25, 0.3) is 5.89 Å². The van der Waals surface area contributed by atoms with Gasteiger partial charge in [-0.1, -0.05) is 0 Å². The lowest BCUT2D eigenvalue weighted by molar-refractivity contribution is -0.297. The van der Waals surface area contributed by atoms with Gasteiger partial charge in [0.15, 0.2) is 0 Å². The van der Waals surface area contributed by atoms with Crippen molar-refractivity contribution in [3.8, 4) is 0 Å². The Kier molecular flexibility index (Phi) is 1.77. The summed E-state index contributed by atoms with van der Waals surface area (Å²) in [5.74, 6) is -6.83. The molecule has 1 aromatic rings. The molecule has 0 bridgehead atoms. The largest absolute Gasteiger partial charge is 0.463 e. The highest BCUT2D eigenvalue weighted by atomic mass is 19.4. The van der Waals surface area contributed by atoms with Gasteiger partial charge in [-0.05, 0) is 0 Å². The summed E-state index contributed by atoms with van der Waals surface area (Å²) in [6.45, 7) is 0. The van der Waals surface area contributed by atoms with E-state index in [9.17, 15) is 22.0 Å². The number of aromatic nitrogens is 2. The Morgan fingerprint density at radius 1 is 1.17 bits per heavy atom. The molecule has 1 heterocycles. The van der Waals surface area contributed by atoms with E-state index in [1.807, 2.05) is 0 Å². The van der Waals surface area contributed by atoms with E-state index in [2.05, 4.69) is 14.6 Å². The summed E-state index contributed by atoms with van der Waals surface area (Å²) in [7, 11) is 0. The molecule has 1 rings (SSSR count). The Bertz CT molecular complexity index is 253. The molecule has 0 saturated carbocycles. The summed E-state index contributed by atoms with van der Waals surface area (Å²) in [5, 5.41) is 5.17. The van der Waals surface area contributed by atoms with Crippen molar-refractivity contribution in [2.75, 3.05) is 0 Å². The first-order chi connectivity index (χ1) is 5.36. The summed E-state index contributed by atoms with van der Waals surface area (Å²) >= 11 is 0. The van der Waals surface area contributed by atoms with Crippen molar-refractivity contribution < 1.29 is 26.4 Å². The molecule has 68 valence electrons. The van der Waals surface area contributed by atoms with Crippen LogP contribution in [0.4, 0.5) is 22.0 Å². The summed E-state index contributed by atoms with van der Waals surface area (Å²) in [6, 6.07) is 0. The summed E-state index contributed by atoms with van der Waals surface area (Å²) in [5.41, 5.74) is 0. The number of hydrogen-bond donors (Lipinski definition) is 0. The molecular weight excluding hydrogens is 187 g/mol. The monoisotopic (exact) mass is 188 g/mol. The fourth-order valence-corrected chi connectivity index (χ4v) is 0.431. The van der Waals surface area contributed by atoms with E-state index in [-0.39, 0.29) is 0 Å². The first kappa shape index (κ1) is 8.88.